The van der Waals surface area contributed by atoms with E-state index in [1.807, 2.05) is 30.3 Å². The minimum Gasteiger partial charge on any atom is -0.337 e. The highest BCUT2D eigenvalue weighted by Crippen LogP contribution is 2.11. The third-order valence-electron chi connectivity index (χ3n) is 3.66. The highest BCUT2D eigenvalue weighted by molar-refractivity contribution is 5.76. The molecule has 128 valence electrons. The molecule has 0 aliphatic carbocycles. The predicted molar refractivity (Wildman–Crippen MR) is 89.6 cm³/mol. The van der Waals surface area contributed by atoms with Gasteiger partial charge in [0.15, 0.2) is 0 Å². The highest BCUT2D eigenvalue weighted by atomic mass is 16.6. The van der Waals surface area contributed by atoms with E-state index in [1.54, 1.807) is 13.0 Å². The van der Waals surface area contributed by atoms with Crippen LogP contribution in [-0.2, 0) is 17.9 Å². The summed E-state index contributed by atoms with van der Waals surface area (Å²) in [5, 5.41) is 19.9. The van der Waals surface area contributed by atoms with Crippen LogP contribution in [0.15, 0.2) is 47.4 Å². The maximum atomic E-state index is 12.5. The lowest BCUT2D eigenvalue weighted by Gasteiger charge is -2.21. The summed E-state index contributed by atoms with van der Waals surface area (Å²) in [4.78, 5) is 36.4. The van der Waals surface area contributed by atoms with Crippen molar-refractivity contribution in [2.45, 2.75) is 20.0 Å². The molecule has 0 saturated heterocycles. The second kappa shape index (κ2) is 7.88. The van der Waals surface area contributed by atoms with Gasteiger partial charge in [-0.25, -0.2) is 0 Å². The van der Waals surface area contributed by atoms with E-state index >= 15 is 0 Å². The van der Waals surface area contributed by atoms with Crippen molar-refractivity contribution in [3.05, 3.63) is 74.2 Å². The van der Waals surface area contributed by atoms with E-state index in [0.717, 1.165) is 22.4 Å². The molecule has 25 heavy (non-hydrogen) atoms. The summed E-state index contributed by atoms with van der Waals surface area (Å²) >= 11 is 0. The normalized spacial score (nSPS) is 10.1. The number of nitrogens with zero attached hydrogens (tertiary/aromatic N) is 4. The molecular formula is C17H16N4O4. The Balaban J connectivity index is 2.27. The average Bonchev–Trinajstić information content (AvgIpc) is 2.61. The van der Waals surface area contributed by atoms with Crippen molar-refractivity contribution in [1.82, 2.24) is 9.47 Å². The zero-order chi connectivity index (χ0) is 18.4. The van der Waals surface area contributed by atoms with E-state index in [2.05, 4.69) is 0 Å². The molecule has 0 spiro atoms. The summed E-state index contributed by atoms with van der Waals surface area (Å²) < 4.78 is 0.909. The fourth-order valence-electron chi connectivity index (χ4n) is 2.34. The summed E-state index contributed by atoms with van der Waals surface area (Å²) in [6, 6.07) is 11.9. The van der Waals surface area contributed by atoms with Crippen LogP contribution in [0, 0.1) is 21.4 Å². The first-order valence-electron chi connectivity index (χ1n) is 7.57. The Morgan fingerprint density at radius 1 is 1.36 bits per heavy atom. The molecule has 1 heterocycles. The van der Waals surface area contributed by atoms with E-state index in [9.17, 15) is 19.7 Å². The van der Waals surface area contributed by atoms with Gasteiger partial charge in [-0.1, -0.05) is 30.3 Å². The maximum Gasteiger partial charge on any atom is 0.287 e. The van der Waals surface area contributed by atoms with Gasteiger partial charge in [-0.3, -0.25) is 24.3 Å². The molecule has 0 aliphatic rings. The Kier molecular flexibility index (Phi) is 5.63. The van der Waals surface area contributed by atoms with Gasteiger partial charge in [0.1, 0.15) is 18.2 Å². The minimum absolute atomic E-state index is 0.363. The highest BCUT2D eigenvalue weighted by Gasteiger charge is 2.18. The number of amides is 1. The number of hydrogen-bond donors (Lipinski definition) is 0. The molecule has 2 rings (SSSR count). The molecule has 1 aromatic heterocycles. The lowest BCUT2D eigenvalue weighted by molar-refractivity contribution is -0.385. The quantitative estimate of drug-likeness (QED) is 0.587. The van der Waals surface area contributed by atoms with Crippen molar-refractivity contribution in [3.8, 4) is 6.07 Å². The zero-order valence-electron chi connectivity index (χ0n) is 13.6. The number of aromatic nitrogens is 1. The maximum absolute atomic E-state index is 12.5. The number of nitro groups is 1. The molecule has 1 aromatic carbocycles. The molecule has 2 aromatic rings. The number of likely N-dealkylation sites (N-methyl/N-ethyl adjacent to an activating group) is 1. The number of carbonyl (C=O) groups is 1. The number of rotatable bonds is 6. The Labute approximate surface area is 143 Å². The van der Waals surface area contributed by atoms with E-state index in [0.29, 0.717) is 13.1 Å². The molecule has 0 bridgehead atoms. The summed E-state index contributed by atoms with van der Waals surface area (Å²) in [5.41, 5.74) is -0.567. The van der Waals surface area contributed by atoms with Crippen molar-refractivity contribution < 1.29 is 9.72 Å². The van der Waals surface area contributed by atoms with Gasteiger partial charge in [0, 0.05) is 19.2 Å². The van der Waals surface area contributed by atoms with Gasteiger partial charge >= 0.3 is 0 Å². The zero-order valence-corrected chi connectivity index (χ0v) is 13.6. The van der Waals surface area contributed by atoms with Crippen molar-refractivity contribution in [3.63, 3.8) is 0 Å². The first kappa shape index (κ1) is 17.9. The van der Waals surface area contributed by atoms with E-state index in [-0.39, 0.29) is 18.0 Å². The van der Waals surface area contributed by atoms with Crippen LogP contribution in [0.25, 0.3) is 0 Å². The average molecular weight is 340 g/mol. The number of benzene rings is 1. The van der Waals surface area contributed by atoms with Crippen LogP contribution in [0.5, 0.6) is 0 Å². The molecule has 0 atom stereocenters. The summed E-state index contributed by atoms with van der Waals surface area (Å²) in [6.45, 7) is 2.22. The lowest BCUT2D eigenvalue weighted by atomic mass is 10.2. The number of carbonyl (C=O) groups excluding carboxylic acids is 1. The van der Waals surface area contributed by atoms with Crippen LogP contribution >= 0.6 is 0 Å². The molecule has 0 unspecified atom stereocenters. The lowest BCUT2D eigenvalue weighted by Crippen LogP contribution is -2.36. The second-order valence-corrected chi connectivity index (χ2v) is 5.31. The Hall–Kier alpha value is -3.47. The smallest absolute Gasteiger partial charge is 0.287 e. The van der Waals surface area contributed by atoms with Gasteiger partial charge in [-0.15, -0.1) is 0 Å². The van der Waals surface area contributed by atoms with Crippen LogP contribution in [0.3, 0.4) is 0 Å². The Morgan fingerprint density at radius 3 is 2.60 bits per heavy atom. The summed E-state index contributed by atoms with van der Waals surface area (Å²) in [7, 11) is 0. The third kappa shape index (κ3) is 4.29. The molecule has 8 nitrogen and oxygen atoms in total. The molecular weight excluding hydrogens is 324 g/mol. The van der Waals surface area contributed by atoms with Crippen LogP contribution in [0.4, 0.5) is 5.69 Å². The fourth-order valence-corrected chi connectivity index (χ4v) is 2.34. The van der Waals surface area contributed by atoms with Crippen LogP contribution < -0.4 is 5.56 Å². The SMILES string of the molecule is CCN(Cc1ccccc1)C(=O)Cn1cc([N+](=O)[O-])cc(C#N)c1=O. The largest absolute Gasteiger partial charge is 0.337 e. The van der Waals surface area contributed by atoms with Crippen molar-refractivity contribution >= 4 is 11.6 Å². The topological polar surface area (TPSA) is 109 Å². The van der Waals surface area contributed by atoms with Gasteiger partial charge in [-0.05, 0) is 12.5 Å². The molecule has 0 aliphatic heterocycles. The minimum atomic E-state index is -0.725. The van der Waals surface area contributed by atoms with E-state index in [4.69, 9.17) is 5.26 Å². The number of hydrogen-bond acceptors (Lipinski definition) is 5. The van der Waals surface area contributed by atoms with E-state index in [1.165, 1.54) is 4.90 Å². The van der Waals surface area contributed by atoms with Gasteiger partial charge in [-0.2, -0.15) is 5.26 Å². The first-order valence-corrected chi connectivity index (χ1v) is 7.57. The first-order chi connectivity index (χ1) is 12.0. The van der Waals surface area contributed by atoms with Crippen LogP contribution in [0.2, 0.25) is 0 Å². The second-order valence-electron chi connectivity index (χ2n) is 5.31. The third-order valence-corrected chi connectivity index (χ3v) is 3.66. The molecule has 0 fully saturated rings. The summed E-state index contributed by atoms with van der Waals surface area (Å²) in [5.74, 6) is -0.363. The standard InChI is InChI=1S/C17H16N4O4/c1-2-19(10-13-6-4-3-5-7-13)16(22)12-20-11-15(21(24)25)8-14(9-18)17(20)23/h3-8,11H,2,10,12H2,1H3. The van der Waals surface area contributed by atoms with Crippen molar-refractivity contribution in [2.75, 3.05) is 6.54 Å². The van der Waals surface area contributed by atoms with Gasteiger partial charge < -0.3 is 4.90 Å². The molecule has 1 amide bonds. The van der Waals surface area contributed by atoms with Crippen molar-refractivity contribution in [1.29, 1.82) is 5.26 Å². The number of nitriles is 1. The van der Waals surface area contributed by atoms with Crippen LogP contribution in [0.1, 0.15) is 18.1 Å². The fraction of sp³-hybridized carbons (Fsp3) is 0.235. The predicted octanol–water partition coefficient (Wildman–Crippen LogP) is 1.68. The Bertz CT molecular complexity index is 884. The Morgan fingerprint density at radius 2 is 2.04 bits per heavy atom. The van der Waals surface area contributed by atoms with Gasteiger partial charge in [0.25, 0.3) is 11.2 Å². The molecule has 0 N–H and O–H groups in total. The van der Waals surface area contributed by atoms with Crippen molar-refractivity contribution in [2.24, 2.45) is 0 Å². The molecule has 8 heteroatoms. The van der Waals surface area contributed by atoms with Gasteiger partial charge in [0.2, 0.25) is 5.91 Å². The van der Waals surface area contributed by atoms with Gasteiger partial charge in [0.05, 0.1) is 11.1 Å². The number of pyridine rings is 1. The monoisotopic (exact) mass is 340 g/mol. The van der Waals surface area contributed by atoms with Crippen LogP contribution in [-0.4, -0.2) is 26.8 Å². The van der Waals surface area contributed by atoms with E-state index < -0.39 is 16.2 Å². The molecule has 0 radical (unpaired) electrons. The summed E-state index contributed by atoms with van der Waals surface area (Å²) in [6.07, 6.45) is 0.984. The molecule has 0 saturated carbocycles.